The third-order valence-electron chi connectivity index (χ3n) is 3.33. The Hall–Kier alpha value is -1.32. The van der Waals surface area contributed by atoms with E-state index in [1.165, 1.54) is 0 Å². The van der Waals surface area contributed by atoms with Crippen molar-refractivity contribution >= 4 is 40.7 Å². The number of halogens is 2. The number of benzene rings is 1. The van der Waals surface area contributed by atoms with Crippen LogP contribution in [0.4, 0.5) is 0 Å². The number of pyridine rings is 1. The molecule has 3 nitrogen and oxygen atoms in total. The van der Waals surface area contributed by atoms with E-state index >= 15 is 0 Å². The fourth-order valence-corrected chi connectivity index (χ4v) is 2.59. The van der Waals surface area contributed by atoms with Crippen molar-refractivity contribution in [2.24, 2.45) is 0 Å². The molecule has 0 radical (unpaired) electrons. The molecule has 0 saturated carbocycles. The van der Waals surface area contributed by atoms with Crippen LogP contribution in [0.3, 0.4) is 0 Å². The molecule has 0 aliphatic carbocycles. The normalized spacial score (nSPS) is 14.8. The minimum atomic E-state index is 0. The Morgan fingerprint density at radius 2 is 2.16 bits per heavy atom. The van der Waals surface area contributed by atoms with Gasteiger partial charge in [0.05, 0.1) is 0 Å². The maximum atomic E-state index is 11.6. The zero-order valence-electron chi connectivity index (χ0n) is 10.3. The number of nitrogens with zero attached hydrogens (tertiary/aromatic N) is 2. The van der Waals surface area contributed by atoms with Crippen LogP contribution in [0.2, 0.25) is 5.15 Å². The Morgan fingerprint density at radius 3 is 2.89 bits per heavy atom. The Labute approximate surface area is 123 Å². The minimum absolute atomic E-state index is 0. The number of likely N-dealkylation sites (tertiary alicyclic amines) is 1. The average Bonchev–Trinajstić information content (AvgIpc) is 2.76. The second-order valence-corrected chi connectivity index (χ2v) is 4.93. The molecule has 0 unspecified atom stereocenters. The third kappa shape index (κ3) is 2.82. The van der Waals surface area contributed by atoms with E-state index in [1.54, 1.807) is 6.20 Å². The molecule has 19 heavy (non-hydrogen) atoms. The van der Waals surface area contributed by atoms with E-state index in [0.717, 1.165) is 29.3 Å². The summed E-state index contributed by atoms with van der Waals surface area (Å²) < 4.78 is 0. The van der Waals surface area contributed by atoms with Gasteiger partial charge in [-0.15, -0.1) is 12.4 Å². The summed E-state index contributed by atoms with van der Waals surface area (Å²) >= 11 is 6.08. The van der Waals surface area contributed by atoms with Gasteiger partial charge in [-0.25, -0.2) is 4.98 Å². The standard InChI is InChI=1S/C14H13ClN2O.ClH/c15-14-12-8-10(3-4-11(12)5-6-16-14)9-17-7-1-2-13(17)18;/h3-6,8H,1-2,7,9H2;1H. The Morgan fingerprint density at radius 1 is 1.32 bits per heavy atom. The number of hydrogen-bond donors (Lipinski definition) is 0. The van der Waals surface area contributed by atoms with Crippen LogP contribution in [-0.2, 0) is 11.3 Å². The Bertz CT molecular complexity index is 615. The highest BCUT2D eigenvalue weighted by Gasteiger charge is 2.20. The SMILES string of the molecule is Cl.O=C1CCCN1Cc1ccc2ccnc(Cl)c2c1. The highest BCUT2D eigenvalue weighted by Crippen LogP contribution is 2.23. The zero-order chi connectivity index (χ0) is 12.5. The van der Waals surface area contributed by atoms with Crippen molar-refractivity contribution in [3.05, 3.63) is 41.2 Å². The van der Waals surface area contributed by atoms with Gasteiger partial charge >= 0.3 is 0 Å². The van der Waals surface area contributed by atoms with Crippen molar-refractivity contribution in [2.45, 2.75) is 19.4 Å². The Balaban J connectivity index is 0.00000133. The molecular formula is C14H14Cl2N2O. The summed E-state index contributed by atoms with van der Waals surface area (Å²) in [4.78, 5) is 17.6. The topological polar surface area (TPSA) is 33.2 Å². The van der Waals surface area contributed by atoms with E-state index in [9.17, 15) is 4.79 Å². The van der Waals surface area contributed by atoms with Crippen LogP contribution < -0.4 is 0 Å². The van der Waals surface area contributed by atoms with Gasteiger partial charge in [-0.2, -0.15) is 0 Å². The smallest absolute Gasteiger partial charge is 0.222 e. The lowest BCUT2D eigenvalue weighted by Gasteiger charge is -2.15. The molecule has 1 saturated heterocycles. The average molecular weight is 297 g/mol. The summed E-state index contributed by atoms with van der Waals surface area (Å²) in [6.07, 6.45) is 3.35. The monoisotopic (exact) mass is 296 g/mol. The summed E-state index contributed by atoms with van der Waals surface area (Å²) in [5.41, 5.74) is 1.10. The maximum Gasteiger partial charge on any atom is 0.222 e. The number of carbonyl (C=O) groups is 1. The lowest BCUT2D eigenvalue weighted by molar-refractivity contribution is -0.128. The van der Waals surface area contributed by atoms with Crippen LogP contribution in [0.25, 0.3) is 10.8 Å². The molecule has 0 N–H and O–H groups in total. The van der Waals surface area contributed by atoms with E-state index in [4.69, 9.17) is 11.6 Å². The molecule has 1 aromatic heterocycles. The first-order valence-electron chi connectivity index (χ1n) is 6.05. The predicted molar refractivity (Wildman–Crippen MR) is 78.7 cm³/mol. The fourth-order valence-electron chi connectivity index (χ4n) is 2.37. The summed E-state index contributed by atoms with van der Waals surface area (Å²) in [6, 6.07) is 8.03. The molecule has 1 aromatic carbocycles. The van der Waals surface area contributed by atoms with E-state index in [2.05, 4.69) is 4.98 Å². The van der Waals surface area contributed by atoms with Crippen molar-refractivity contribution in [2.75, 3.05) is 6.54 Å². The molecule has 1 aliphatic heterocycles. The van der Waals surface area contributed by atoms with Gasteiger partial charge in [-0.05, 0) is 29.5 Å². The van der Waals surface area contributed by atoms with E-state index in [0.29, 0.717) is 18.1 Å². The first kappa shape index (κ1) is 14.1. The van der Waals surface area contributed by atoms with E-state index < -0.39 is 0 Å². The van der Waals surface area contributed by atoms with Gasteiger partial charge in [0.15, 0.2) is 0 Å². The summed E-state index contributed by atoms with van der Waals surface area (Å²) in [5.74, 6) is 0.243. The van der Waals surface area contributed by atoms with Crippen LogP contribution >= 0.6 is 24.0 Å². The molecular weight excluding hydrogens is 283 g/mol. The van der Waals surface area contributed by atoms with Gasteiger partial charge in [0.1, 0.15) is 5.15 Å². The van der Waals surface area contributed by atoms with Crippen molar-refractivity contribution < 1.29 is 4.79 Å². The molecule has 1 aliphatic rings. The van der Waals surface area contributed by atoms with Crippen LogP contribution in [0.5, 0.6) is 0 Å². The number of amides is 1. The summed E-state index contributed by atoms with van der Waals surface area (Å²) in [7, 11) is 0. The second kappa shape index (κ2) is 5.76. The van der Waals surface area contributed by atoms with Gasteiger partial charge in [0.25, 0.3) is 0 Å². The molecule has 3 rings (SSSR count). The highest BCUT2D eigenvalue weighted by molar-refractivity contribution is 6.34. The summed E-state index contributed by atoms with van der Waals surface area (Å²) in [5, 5.41) is 2.54. The third-order valence-corrected chi connectivity index (χ3v) is 3.63. The molecule has 0 atom stereocenters. The first-order chi connectivity index (χ1) is 8.74. The van der Waals surface area contributed by atoms with Crippen LogP contribution in [0.1, 0.15) is 18.4 Å². The highest BCUT2D eigenvalue weighted by atomic mass is 35.5. The van der Waals surface area contributed by atoms with Gasteiger partial charge in [0, 0.05) is 31.1 Å². The van der Waals surface area contributed by atoms with Crippen LogP contribution in [0, 0.1) is 0 Å². The molecule has 2 aromatic rings. The lowest BCUT2D eigenvalue weighted by atomic mass is 10.1. The van der Waals surface area contributed by atoms with Gasteiger partial charge in [0.2, 0.25) is 5.91 Å². The number of hydrogen-bond acceptors (Lipinski definition) is 2. The Kier molecular flexibility index (Phi) is 4.27. The lowest BCUT2D eigenvalue weighted by Crippen LogP contribution is -2.23. The number of carbonyl (C=O) groups excluding carboxylic acids is 1. The summed E-state index contributed by atoms with van der Waals surface area (Å²) in [6.45, 7) is 1.53. The molecule has 0 spiro atoms. The van der Waals surface area contributed by atoms with E-state index in [1.807, 2.05) is 29.2 Å². The first-order valence-corrected chi connectivity index (χ1v) is 6.43. The molecule has 0 bridgehead atoms. The predicted octanol–water partition coefficient (Wildman–Crippen LogP) is 3.43. The van der Waals surface area contributed by atoms with Gasteiger partial charge < -0.3 is 4.90 Å². The van der Waals surface area contributed by atoms with Crippen molar-refractivity contribution in [1.82, 2.24) is 9.88 Å². The minimum Gasteiger partial charge on any atom is -0.338 e. The second-order valence-electron chi connectivity index (χ2n) is 4.58. The van der Waals surface area contributed by atoms with Crippen LogP contribution in [-0.4, -0.2) is 22.3 Å². The number of rotatable bonds is 2. The molecule has 100 valence electrons. The van der Waals surface area contributed by atoms with Crippen LogP contribution in [0.15, 0.2) is 30.5 Å². The van der Waals surface area contributed by atoms with E-state index in [-0.39, 0.29) is 18.3 Å². The zero-order valence-corrected chi connectivity index (χ0v) is 11.9. The van der Waals surface area contributed by atoms with Crippen molar-refractivity contribution in [3.8, 4) is 0 Å². The van der Waals surface area contributed by atoms with Crippen molar-refractivity contribution in [3.63, 3.8) is 0 Å². The van der Waals surface area contributed by atoms with Gasteiger partial charge in [-0.3, -0.25) is 4.79 Å². The molecule has 1 fully saturated rings. The molecule has 5 heteroatoms. The molecule has 1 amide bonds. The van der Waals surface area contributed by atoms with Gasteiger partial charge in [-0.1, -0.05) is 23.7 Å². The quantitative estimate of drug-likeness (QED) is 0.796. The largest absolute Gasteiger partial charge is 0.338 e. The fraction of sp³-hybridized carbons (Fsp3) is 0.286. The van der Waals surface area contributed by atoms with Crippen molar-refractivity contribution in [1.29, 1.82) is 0 Å². The molecule has 2 heterocycles. The number of aromatic nitrogens is 1. The number of fused-ring (bicyclic) bond motifs is 1. The maximum absolute atomic E-state index is 11.6.